The van der Waals surface area contributed by atoms with E-state index in [0.29, 0.717) is 66.3 Å². The molecule has 6 aromatic rings. The number of nitrogens with zero attached hydrogens (tertiary/aromatic N) is 3. The van der Waals surface area contributed by atoms with E-state index in [9.17, 15) is 4.79 Å². The molecule has 8 nitrogen and oxygen atoms in total. The van der Waals surface area contributed by atoms with Gasteiger partial charge in [0.2, 0.25) is 5.91 Å². The standard InChI is InChI=1S/C46H38Cl2N4O4S/c1-29-45(3-2-19-50-29)57-52-26-37-24-43-42(55-28-44(56-43)35-13-15-38(16-14-35)54-27-32-8-17-39(47)40(48)21-32)23-36(37)22-41(52)46(53)51-20-18-30-4-9-33(10-5-30)34-11-6-31(25-49)7-12-34/h2-17,19,21,23-24,41,44H,18,20,22,26-28H2,1H3,(H,51,53). The maximum absolute atomic E-state index is 13.9. The fourth-order valence-corrected chi connectivity index (χ4v) is 8.33. The van der Waals surface area contributed by atoms with E-state index < -0.39 is 6.04 Å². The third-order valence-corrected chi connectivity index (χ3v) is 12.1. The van der Waals surface area contributed by atoms with E-state index in [0.717, 1.165) is 55.3 Å². The van der Waals surface area contributed by atoms with E-state index in [-0.39, 0.29) is 12.0 Å². The number of ether oxygens (including phenoxy) is 3. The number of pyridine rings is 1. The van der Waals surface area contributed by atoms with Gasteiger partial charge in [0.15, 0.2) is 17.6 Å². The summed E-state index contributed by atoms with van der Waals surface area (Å²) in [5.74, 6) is 2.06. The van der Waals surface area contributed by atoms with Crippen molar-refractivity contribution in [3.63, 3.8) is 0 Å². The number of benzene rings is 5. The van der Waals surface area contributed by atoms with Gasteiger partial charge in [-0.1, -0.05) is 77.8 Å². The Morgan fingerprint density at radius 3 is 2.39 bits per heavy atom. The van der Waals surface area contributed by atoms with Crippen molar-refractivity contribution in [2.75, 3.05) is 13.2 Å². The molecular formula is C46H38Cl2N4O4S. The molecule has 8 rings (SSSR count). The molecule has 0 bridgehead atoms. The number of hydrogen-bond donors (Lipinski definition) is 1. The number of nitriles is 1. The molecule has 286 valence electrons. The summed E-state index contributed by atoms with van der Waals surface area (Å²) >= 11 is 13.8. The molecule has 0 spiro atoms. The number of fused-ring (bicyclic) bond motifs is 2. The van der Waals surface area contributed by atoms with Crippen LogP contribution in [-0.2, 0) is 30.8 Å². The highest BCUT2D eigenvalue weighted by molar-refractivity contribution is 7.97. The summed E-state index contributed by atoms with van der Waals surface area (Å²) in [6, 6.07) is 39.0. The van der Waals surface area contributed by atoms with Gasteiger partial charge in [-0.25, -0.2) is 4.31 Å². The van der Waals surface area contributed by atoms with Gasteiger partial charge in [-0.05, 0) is 131 Å². The Kier molecular flexibility index (Phi) is 11.7. The zero-order valence-corrected chi connectivity index (χ0v) is 33.4. The monoisotopic (exact) mass is 812 g/mol. The molecule has 2 unspecified atom stereocenters. The van der Waals surface area contributed by atoms with Crippen LogP contribution >= 0.6 is 35.1 Å². The quantitative estimate of drug-likeness (QED) is 0.129. The Bertz CT molecular complexity index is 2440. The molecule has 0 saturated heterocycles. The minimum atomic E-state index is -0.409. The number of carbonyl (C=O) groups excluding carboxylic acids is 1. The van der Waals surface area contributed by atoms with Gasteiger partial charge in [-0.15, -0.1) is 0 Å². The molecule has 2 aliphatic rings. The van der Waals surface area contributed by atoms with E-state index in [1.54, 1.807) is 30.3 Å². The molecule has 0 saturated carbocycles. The number of amides is 1. The Labute approximate surface area is 346 Å². The van der Waals surface area contributed by atoms with Gasteiger partial charge >= 0.3 is 0 Å². The van der Waals surface area contributed by atoms with Gasteiger partial charge in [0.25, 0.3) is 0 Å². The lowest BCUT2D eigenvalue weighted by Gasteiger charge is -2.36. The second-order valence-corrected chi connectivity index (χ2v) is 15.9. The Balaban J connectivity index is 0.927. The highest BCUT2D eigenvalue weighted by atomic mass is 35.5. The fourth-order valence-electron chi connectivity index (χ4n) is 6.93. The largest absolute Gasteiger partial charge is 0.489 e. The maximum atomic E-state index is 13.9. The van der Waals surface area contributed by atoms with Crippen molar-refractivity contribution < 1.29 is 19.0 Å². The normalized spacial score (nSPS) is 16.0. The molecule has 57 heavy (non-hydrogen) atoms. The molecule has 2 atom stereocenters. The highest BCUT2D eigenvalue weighted by Gasteiger charge is 2.35. The van der Waals surface area contributed by atoms with Crippen LogP contribution in [0.2, 0.25) is 10.0 Å². The molecule has 0 radical (unpaired) electrons. The molecule has 1 amide bonds. The van der Waals surface area contributed by atoms with Gasteiger partial charge in [0, 0.05) is 24.2 Å². The molecule has 0 fully saturated rings. The van der Waals surface area contributed by atoms with Crippen molar-refractivity contribution in [2.24, 2.45) is 0 Å². The smallest absolute Gasteiger partial charge is 0.238 e. The summed E-state index contributed by atoms with van der Waals surface area (Å²) in [4.78, 5) is 19.4. The van der Waals surface area contributed by atoms with Gasteiger partial charge in [0.1, 0.15) is 25.0 Å². The van der Waals surface area contributed by atoms with Crippen molar-refractivity contribution in [3.05, 3.63) is 171 Å². The number of rotatable bonds is 11. The summed E-state index contributed by atoms with van der Waals surface area (Å²) < 4.78 is 21.0. The lowest BCUT2D eigenvalue weighted by Crippen LogP contribution is -2.47. The molecule has 0 aliphatic carbocycles. The molecule has 3 heterocycles. The van der Waals surface area contributed by atoms with Gasteiger partial charge in [0.05, 0.1) is 27.4 Å². The zero-order chi connectivity index (χ0) is 39.3. The average molecular weight is 814 g/mol. The molecule has 2 aliphatic heterocycles. The molecule has 1 aromatic heterocycles. The van der Waals surface area contributed by atoms with Crippen LogP contribution in [-0.4, -0.2) is 34.4 Å². The van der Waals surface area contributed by atoms with E-state index in [1.807, 2.05) is 79.7 Å². The van der Waals surface area contributed by atoms with Crippen LogP contribution in [0.1, 0.15) is 45.2 Å². The Morgan fingerprint density at radius 2 is 1.65 bits per heavy atom. The maximum Gasteiger partial charge on any atom is 0.238 e. The minimum Gasteiger partial charge on any atom is -0.489 e. The first-order chi connectivity index (χ1) is 27.8. The van der Waals surface area contributed by atoms with Crippen molar-refractivity contribution in [3.8, 4) is 34.4 Å². The third kappa shape index (κ3) is 9.06. The second kappa shape index (κ2) is 17.3. The summed E-state index contributed by atoms with van der Waals surface area (Å²) in [5.41, 5.74) is 8.87. The SMILES string of the molecule is Cc1ncccc1SN1Cc2cc3c(cc2CC1C(=O)NCCc1ccc(-c2ccc(C#N)cc2)cc1)OCC(c1ccc(OCc2ccc(Cl)c(Cl)c2)cc1)O3. The fraction of sp³-hybridized carbons (Fsp3) is 0.196. The van der Waals surface area contributed by atoms with E-state index in [1.165, 1.54) is 0 Å². The van der Waals surface area contributed by atoms with Crippen molar-refractivity contribution in [1.82, 2.24) is 14.6 Å². The van der Waals surface area contributed by atoms with Crippen LogP contribution in [0.5, 0.6) is 17.2 Å². The van der Waals surface area contributed by atoms with Gasteiger partial charge in [-0.3, -0.25) is 9.78 Å². The molecule has 11 heteroatoms. The Hall–Kier alpha value is -5.50. The molecular weight excluding hydrogens is 776 g/mol. The summed E-state index contributed by atoms with van der Waals surface area (Å²) in [7, 11) is 0. The third-order valence-electron chi connectivity index (χ3n) is 10.1. The second-order valence-electron chi connectivity index (χ2n) is 14.0. The first kappa shape index (κ1) is 38.4. The average Bonchev–Trinajstić information content (AvgIpc) is 3.24. The van der Waals surface area contributed by atoms with E-state index in [4.69, 9.17) is 42.7 Å². The number of carbonyl (C=O) groups is 1. The van der Waals surface area contributed by atoms with Crippen LogP contribution in [0.15, 0.2) is 126 Å². The lowest BCUT2D eigenvalue weighted by atomic mass is 9.94. The summed E-state index contributed by atoms with van der Waals surface area (Å²) in [6.45, 7) is 3.76. The highest BCUT2D eigenvalue weighted by Crippen LogP contribution is 2.43. The van der Waals surface area contributed by atoms with Crippen molar-refractivity contribution in [2.45, 2.75) is 50.0 Å². The van der Waals surface area contributed by atoms with Crippen LogP contribution in [0.3, 0.4) is 0 Å². The van der Waals surface area contributed by atoms with Crippen molar-refractivity contribution in [1.29, 1.82) is 5.26 Å². The number of nitrogens with one attached hydrogen (secondary N) is 1. The minimum absolute atomic E-state index is 0.0248. The zero-order valence-electron chi connectivity index (χ0n) is 31.1. The van der Waals surface area contributed by atoms with Gasteiger partial charge in [-0.2, -0.15) is 5.26 Å². The topological polar surface area (TPSA) is 96.7 Å². The van der Waals surface area contributed by atoms with Crippen LogP contribution in [0, 0.1) is 18.3 Å². The van der Waals surface area contributed by atoms with Gasteiger partial charge < -0.3 is 19.5 Å². The number of hydrogen-bond acceptors (Lipinski definition) is 8. The molecule has 5 aromatic carbocycles. The summed E-state index contributed by atoms with van der Waals surface area (Å²) in [5, 5.41) is 13.3. The predicted molar refractivity (Wildman–Crippen MR) is 224 cm³/mol. The van der Waals surface area contributed by atoms with E-state index in [2.05, 4.69) is 51.0 Å². The lowest BCUT2D eigenvalue weighted by molar-refractivity contribution is -0.125. The number of aromatic nitrogens is 1. The predicted octanol–water partition coefficient (Wildman–Crippen LogP) is 10.1. The van der Waals surface area contributed by atoms with Crippen LogP contribution in [0.4, 0.5) is 0 Å². The van der Waals surface area contributed by atoms with Crippen molar-refractivity contribution >= 4 is 41.1 Å². The number of aryl methyl sites for hydroxylation is 1. The first-order valence-corrected chi connectivity index (χ1v) is 20.2. The van der Waals surface area contributed by atoms with E-state index >= 15 is 0 Å². The molecule has 1 N–H and O–H groups in total. The Morgan fingerprint density at radius 1 is 0.912 bits per heavy atom. The number of halogens is 2. The van der Waals surface area contributed by atoms with Crippen LogP contribution in [0.25, 0.3) is 11.1 Å². The summed E-state index contributed by atoms with van der Waals surface area (Å²) in [6.07, 6.45) is 2.71. The first-order valence-electron chi connectivity index (χ1n) is 18.6. The van der Waals surface area contributed by atoms with Crippen LogP contribution < -0.4 is 19.5 Å².